The monoisotopic (exact) mass is 363 g/mol. The number of carbonyl (C=O) groups is 1. The predicted molar refractivity (Wildman–Crippen MR) is 93.5 cm³/mol. The average molecular weight is 363 g/mol. The van der Waals surface area contributed by atoms with Crippen molar-refractivity contribution in [3.63, 3.8) is 0 Å². The Bertz CT molecular complexity index is 790. The smallest absolute Gasteiger partial charge is 0.241 e. The highest BCUT2D eigenvalue weighted by atomic mass is 32.2. The number of nitrogens with zero attached hydrogens (tertiary/aromatic N) is 1. The van der Waals surface area contributed by atoms with E-state index in [9.17, 15) is 13.2 Å². The Labute approximate surface area is 147 Å². The van der Waals surface area contributed by atoms with Gasteiger partial charge in [-0.25, -0.2) is 13.1 Å². The van der Waals surface area contributed by atoms with E-state index >= 15 is 0 Å². The molecule has 0 aliphatic carbocycles. The van der Waals surface area contributed by atoms with Crippen LogP contribution in [0.15, 0.2) is 53.7 Å². The molecule has 0 aliphatic heterocycles. The van der Waals surface area contributed by atoms with Crippen molar-refractivity contribution >= 4 is 15.9 Å². The molecule has 8 heteroatoms. The fourth-order valence-electron chi connectivity index (χ4n) is 1.98. The summed E-state index contributed by atoms with van der Waals surface area (Å²) in [5.74, 6) is 0.162. The van der Waals surface area contributed by atoms with Gasteiger partial charge >= 0.3 is 0 Å². The van der Waals surface area contributed by atoms with Gasteiger partial charge in [-0.2, -0.15) is 0 Å². The molecule has 0 radical (unpaired) electrons. The van der Waals surface area contributed by atoms with Crippen LogP contribution in [0.2, 0.25) is 0 Å². The maximum absolute atomic E-state index is 12.2. The van der Waals surface area contributed by atoms with Crippen LogP contribution in [0.4, 0.5) is 0 Å². The molecule has 0 saturated heterocycles. The van der Waals surface area contributed by atoms with Gasteiger partial charge in [0.1, 0.15) is 5.75 Å². The maximum atomic E-state index is 12.2. The highest BCUT2D eigenvalue weighted by Crippen LogP contribution is 2.16. The molecule has 2 N–H and O–H groups in total. The van der Waals surface area contributed by atoms with Gasteiger partial charge in [0.25, 0.3) is 0 Å². The molecule has 2 aromatic rings. The van der Waals surface area contributed by atoms with E-state index in [1.807, 2.05) is 19.9 Å². The number of carbonyl (C=O) groups excluding carboxylic acids is 1. The van der Waals surface area contributed by atoms with Crippen molar-refractivity contribution in [3.05, 3.63) is 54.4 Å². The molecule has 0 atom stereocenters. The van der Waals surface area contributed by atoms with Crippen LogP contribution in [0, 0.1) is 0 Å². The standard InChI is InChI=1S/C17H21N3O4S/c1-13(2)24-15-5-7-16(8-6-15)25(22,23)20-12-17(21)19-11-14-4-3-9-18-10-14/h3-10,13,20H,11-12H2,1-2H3,(H,19,21). The first-order chi connectivity index (χ1) is 11.9. The second kappa shape index (κ2) is 8.59. The number of sulfonamides is 1. The molecule has 7 nitrogen and oxygen atoms in total. The Hall–Kier alpha value is -2.45. The summed E-state index contributed by atoms with van der Waals surface area (Å²) in [6, 6.07) is 9.62. The lowest BCUT2D eigenvalue weighted by atomic mass is 10.3. The van der Waals surface area contributed by atoms with Crippen LogP contribution in [0.1, 0.15) is 19.4 Å². The minimum Gasteiger partial charge on any atom is -0.491 e. The quantitative estimate of drug-likeness (QED) is 0.740. The molecule has 1 amide bonds. The van der Waals surface area contributed by atoms with Crippen LogP contribution in [0.3, 0.4) is 0 Å². The molecule has 1 aromatic heterocycles. The fourth-order valence-corrected chi connectivity index (χ4v) is 2.96. The van der Waals surface area contributed by atoms with Gasteiger partial charge in [-0.05, 0) is 49.7 Å². The van der Waals surface area contributed by atoms with Crippen LogP contribution in [0.5, 0.6) is 5.75 Å². The summed E-state index contributed by atoms with van der Waals surface area (Å²) in [5.41, 5.74) is 0.833. The van der Waals surface area contributed by atoms with Gasteiger partial charge in [0, 0.05) is 18.9 Å². The summed E-state index contributed by atoms with van der Waals surface area (Å²) in [6.45, 7) is 3.72. The molecule has 25 heavy (non-hydrogen) atoms. The largest absolute Gasteiger partial charge is 0.491 e. The van der Waals surface area contributed by atoms with Gasteiger partial charge in [0.05, 0.1) is 17.5 Å². The Morgan fingerprint density at radius 2 is 1.92 bits per heavy atom. The van der Waals surface area contributed by atoms with Crippen molar-refractivity contribution in [2.24, 2.45) is 0 Å². The number of pyridine rings is 1. The molecule has 0 bridgehead atoms. The lowest BCUT2D eigenvalue weighted by molar-refractivity contribution is -0.120. The molecular formula is C17H21N3O4S. The van der Waals surface area contributed by atoms with Crippen LogP contribution in [0.25, 0.3) is 0 Å². The van der Waals surface area contributed by atoms with Crippen molar-refractivity contribution in [1.82, 2.24) is 15.0 Å². The molecule has 134 valence electrons. The first kappa shape index (κ1) is 18.9. The summed E-state index contributed by atoms with van der Waals surface area (Å²) in [6.07, 6.45) is 3.27. The second-order valence-corrected chi connectivity index (χ2v) is 7.37. The van der Waals surface area contributed by atoms with E-state index in [0.717, 1.165) is 5.56 Å². The molecule has 0 spiro atoms. The number of hydrogen-bond acceptors (Lipinski definition) is 5. The Kier molecular flexibility index (Phi) is 6.49. The Morgan fingerprint density at radius 1 is 1.20 bits per heavy atom. The van der Waals surface area contributed by atoms with Crippen molar-refractivity contribution in [2.45, 2.75) is 31.4 Å². The number of nitrogens with one attached hydrogen (secondary N) is 2. The summed E-state index contributed by atoms with van der Waals surface area (Å²) >= 11 is 0. The van der Waals surface area contributed by atoms with Crippen molar-refractivity contribution in [1.29, 1.82) is 0 Å². The number of amides is 1. The summed E-state index contributed by atoms with van der Waals surface area (Å²) in [5, 5.41) is 2.63. The number of benzene rings is 1. The molecule has 1 aromatic carbocycles. The third kappa shape index (κ3) is 6.17. The predicted octanol–water partition coefficient (Wildman–Crippen LogP) is 1.46. The normalized spacial score (nSPS) is 11.3. The highest BCUT2D eigenvalue weighted by molar-refractivity contribution is 7.89. The van der Waals surface area contributed by atoms with Crippen molar-refractivity contribution in [3.8, 4) is 5.75 Å². The average Bonchev–Trinajstić information content (AvgIpc) is 2.59. The molecule has 0 saturated carbocycles. The summed E-state index contributed by atoms with van der Waals surface area (Å²) in [4.78, 5) is 15.8. The van der Waals surface area contributed by atoms with E-state index in [-0.39, 0.29) is 24.1 Å². The molecule has 0 aliphatic rings. The fraction of sp³-hybridized carbons (Fsp3) is 0.294. The van der Waals surface area contributed by atoms with E-state index < -0.39 is 15.9 Å². The van der Waals surface area contributed by atoms with Crippen LogP contribution in [-0.4, -0.2) is 32.0 Å². The zero-order valence-corrected chi connectivity index (χ0v) is 14.9. The minimum atomic E-state index is -3.76. The van der Waals surface area contributed by atoms with E-state index in [1.165, 1.54) is 12.1 Å². The van der Waals surface area contributed by atoms with Gasteiger partial charge < -0.3 is 10.1 Å². The number of aromatic nitrogens is 1. The van der Waals surface area contributed by atoms with Crippen LogP contribution < -0.4 is 14.8 Å². The second-order valence-electron chi connectivity index (χ2n) is 5.60. The van der Waals surface area contributed by atoms with E-state index in [4.69, 9.17) is 4.74 Å². The lowest BCUT2D eigenvalue weighted by Crippen LogP contribution is -2.36. The van der Waals surface area contributed by atoms with Gasteiger partial charge in [0.2, 0.25) is 15.9 Å². The summed E-state index contributed by atoms with van der Waals surface area (Å²) in [7, 11) is -3.76. The third-order valence-corrected chi connectivity index (χ3v) is 4.56. The van der Waals surface area contributed by atoms with Gasteiger partial charge in [-0.1, -0.05) is 6.07 Å². The minimum absolute atomic E-state index is 0.00379. The first-order valence-electron chi connectivity index (χ1n) is 7.79. The lowest BCUT2D eigenvalue weighted by Gasteiger charge is -2.11. The number of hydrogen-bond donors (Lipinski definition) is 2. The van der Waals surface area contributed by atoms with Crippen molar-refractivity contribution in [2.75, 3.05) is 6.54 Å². The Morgan fingerprint density at radius 3 is 2.52 bits per heavy atom. The maximum Gasteiger partial charge on any atom is 0.241 e. The van der Waals surface area contributed by atoms with Crippen LogP contribution in [-0.2, 0) is 21.4 Å². The van der Waals surface area contributed by atoms with E-state index in [2.05, 4.69) is 15.0 Å². The van der Waals surface area contributed by atoms with Gasteiger partial charge in [-0.3, -0.25) is 9.78 Å². The zero-order valence-electron chi connectivity index (χ0n) is 14.1. The SMILES string of the molecule is CC(C)Oc1ccc(S(=O)(=O)NCC(=O)NCc2cccnc2)cc1. The van der Waals surface area contributed by atoms with E-state index in [1.54, 1.807) is 30.6 Å². The molecular weight excluding hydrogens is 342 g/mol. The van der Waals surface area contributed by atoms with E-state index in [0.29, 0.717) is 5.75 Å². The number of ether oxygens (including phenoxy) is 1. The molecule has 1 heterocycles. The molecule has 0 fully saturated rings. The highest BCUT2D eigenvalue weighted by Gasteiger charge is 2.15. The third-order valence-electron chi connectivity index (χ3n) is 3.14. The topological polar surface area (TPSA) is 97.4 Å². The van der Waals surface area contributed by atoms with Crippen LogP contribution >= 0.6 is 0 Å². The molecule has 2 rings (SSSR count). The van der Waals surface area contributed by atoms with Gasteiger partial charge in [0.15, 0.2) is 0 Å². The zero-order chi connectivity index (χ0) is 18.3. The van der Waals surface area contributed by atoms with Gasteiger partial charge in [-0.15, -0.1) is 0 Å². The summed E-state index contributed by atoms with van der Waals surface area (Å²) < 4.78 is 32.1. The van der Waals surface area contributed by atoms with Crippen molar-refractivity contribution < 1.29 is 17.9 Å². The number of rotatable bonds is 8. The molecule has 0 unspecified atom stereocenters. The first-order valence-corrected chi connectivity index (χ1v) is 9.27. The Balaban J connectivity index is 1.87.